The number of carbonyl (C=O) groups is 1. The van der Waals surface area contributed by atoms with E-state index in [-0.39, 0.29) is 18.9 Å². The molecule has 2 rings (SSSR count). The molecule has 2 aromatic carbocycles. The Morgan fingerprint density at radius 1 is 1.30 bits per heavy atom. The molecule has 118 valence electrons. The lowest BCUT2D eigenvalue weighted by molar-refractivity contribution is 0.0916. The first-order valence-electron chi connectivity index (χ1n) is 7.20. The smallest absolute Gasteiger partial charge is 0.251 e. The van der Waals surface area contributed by atoms with Crippen LogP contribution in [-0.4, -0.2) is 24.7 Å². The second-order valence-electron chi connectivity index (χ2n) is 5.04. The molecule has 1 amide bonds. The van der Waals surface area contributed by atoms with E-state index in [0.717, 1.165) is 5.56 Å². The van der Waals surface area contributed by atoms with Crippen LogP contribution in [0.2, 0.25) is 0 Å². The van der Waals surface area contributed by atoms with E-state index in [0.29, 0.717) is 16.9 Å². The fourth-order valence-electron chi connectivity index (χ4n) is 2.17. The summed E-state index contributed by atoms with van der Waals surface area (Å²) in [5.74, 6) is 0.365. The first kappa shape index (κ1) is 16.5. The lowest BCUT2D eigenvalue weighted by Crippen LogP contribution is -2.28. The molecule has 0 saturated carbocycles. The zero-order chi connectivity index (χ0) is 16.7. The van der Waals surface area contributed by atoms with Gasteiger partial charge in [-0.2, -0.15) is 5.26 Å². The van der Waals surface area contributed by atoms with Gasteiger partial charge in [-0.1, -0.05) is 24.3 Å². The molecule has 0 aliphatic heterocycles. The van der Waals surface area contributed by atoms with Gasteiger partial charge in [-0.15, -0.1) is 0 Å². The molecule has 0 aromatic heterocycles. The van der Waals surface area contributed by atoms with Gasteiger partial charge in [0.2, 0.25) is 0 Å². The number of nitrogens with one attached hydrogen (secondary N) is 1. The summed E-state index contributed by atoms with van der Waals surface area (Å²) < 4.78 is 5.11. The molecule has 5 heteroatoms. The monoisotopic (exact) mass is 310 g/mol. The van der Waals surface area contributed by atoms with E-state index in [1.165, 1.54) is 0 Å². The Morgan fingerprint density at radius 2 is 2.09 bits per heavy atom. The Hall–Kier alpha value is -2.84. The fourth-order valence-corrected chi connectivity index (χ4v) is 2.17. The van der Waals surface area contributed by atoms with Crippen molar-refractivity contribution >= 4 is 5.91 Å². The Bertz CT molecular complexity index is 722. The van der Waals surface area contributed by atoms with Crippen molar-refractivity contribution in [2.75, 3.05) is 13.7 Å². The Balaban J connectivity index is 1.98. The zero-order valence-electron chi connectivity index (χ0n) is 12.8. The largest absolute Gasteiger partial charge is 0.497 e. The zero-order valence-corrected chi connectivity index (χ0v) is 12.8. The van der Waals surface area contributed by atoms with Crippen molar-refractivity contribution in [2.24, 2.45) is 0 Å². The highest BCUT2D eigenvalue weighted by Gasteiger charge is 2.12. The number of carbonyl (C=O) groups excluding carboxylic acids is 1. The molecule has 2 aromatic rings. The molecule has 2 N–H and O–H groups in total. The van der Waals surface area contributed by atoms with E-state index in [2.05, 4.69) is 5.32 Å². The van der Waals surface area contributed by atoms with Crippen LogP contribution in [0.4, 0.5) is 0 Å². The predicted octanol–water partition coefficient (Wildman–Crippen LogP) is 2.22. The predicted molar refractivity (Wildman–Crippen MR) is 86.0 cm³/mol. The van der Waals surface area contributed by atoms with Gasteiger partial charge in [0.05, 0.1) is 25.7 Å². The summed E-state index contributed by atoms with van der Waals surface area (Å²) in [6, 6.07) is 16.0. The SMILES string of the molecule is COc1cccc([C@@H](O)CNC(=O)c2cccc(CC#N)c2)c1. The van der Waals surface area contributed by atoms with Crippen molar-refractivity contribution in [1.29, 1.82) is 5.26 Å². The fraction of sp³-hybridized carbons (Fsp3) is 0.222. The van der Waals surface area contributed by atoms with Gasteiger partial charge in [0.15, 0.2) is 0 Å². The molecule has 1 atom stereocenters. The van der Waals surface area contributed by atoms with Crippen LogP contribution >= 0.6 is 0 Å². The van der Waals surface area contributed by atoms with Crippen LogP contribution < -0.4 is 10.1 Å². The molecule has 0 bridgehead atoms. The lowest BCUT2D eigenvalue weighted by Gasteiger charge is -2.13. The second-order valence-corrected chi connectivity index (χ2v) is 5.04. The standard InChI is InChI=1S/C18H18N2O3/c1-23-16-7-3-5-14(11-16)17(21)12-20-18(22)15-6-2-4-13(10-15)8-9-19/h2-7,10-11,17,21H,8,12H2,1H3,(H,20,22)/t17-/m0/s1. The number of benzene rings is 2. The first-order valence-corrected chi connectivity index (χ1v) is 7.20. The third-order valence-electron chi connectivity index (χ3n) is 3.41. The molecule has 0 radical (unpaired) electrons. The number of hydrogen-bond acceptors (Lipinski definition) is 4. The van der Waals surface area contributed by atoms with Gasteiger partial charge in [0.1, 0.15) is 5.75 Å². The van der Waals surface area contributed by atoms with Crippen LogP contribution in [0.15, 0.2) is 48.5 Å². The number of methoxy groups -OCH3 is 1. The number of ether oxygens (including phenoxy) is 1. The third kappa shape index (κ3) is 4.56. The summed E-state index contributed by atoms with van der Waals surface area (Å²) in [5.41, 5.74) is 1.92. The minimum atomic E-state index is -0.823. The van der Waals surface area contributed by atoms with Crippen LogP contribution in [0.1, 0.15) is 27.6 Å². The van der Waals surface area contributed by atoms with Crippen LogP contribution in [0.25, 0.3) is 0 Å². The second kappa shape index (κ2) is 7.97. The van der Waals surface area contributed by atoms with E-state index >= 15 is 0 Å². The molecule has 0 aliphatic rings. The molecule has 23 heavy (non-hydrogen) atoms. The Labute approximate surface area is 135 Å². The summed E-state index contributed by atoms with van der Waals surface area (Å²) in [7, 11) is 1.56. The van der Waals surface area contributed by atoms with Crippen molar-refractivity contribution in [3.05, 3.63) is 65.2 Å². The third-order valence-corrected chi connectivity index (χ3v) is 3.41. The van der Waals surface area contributed by atoms with Gasteiger partial charge in [0, 0.05) is 12.1 Å². The number of nitrogens with zero attached hydrogens (tertiary/aromatic N) is 1. The number of rotatable bonds is 6. The average molecular weight is 310 g/mol. The molecule has 0 saturated heterocycles. The van der Waals surface area contributed by atoms with E-state index in [1.807, 2.05) is 6.07 Å². The quantitative estimate of drug-likeness (QED) is 0.857. The summed E-state index contributed by atoms with van der Waals surface area (Å²) in [6.45, 7) is 0.0917. The normalized spacial score (nSPS) is 11.3. The highest BCUT2D eigenvalue weighted by Crippen LogP contribution is 2.18. The molecule has 0 fully saturated rings. The van der Waals surface area contributed by atoms with Crippen LogP contribution in [0.3, 0.4) is 0 Å². The van der Waals surface area contributed by atoms with Gasteiger partial charge in [-0.25, -0.2) is 0 Å². The minimum Gasteiger partial charge on any atom is -0.497 e. The highest BCUT2D eigenvalue weighted by molar-refractivity contribution is 5.94. The molecule has 0 unspecified atom stereocenters. The topological polar surface area (TPSA) is 82.3 Å². The van der Waals surface area contributed by atoms with Gasteiger partial charge >= 0.3 is 0 Å². The van der Waals surface area contributed by atoms with Crippen LogP contribution in [0.5, 0.6) is 5.75 Å². The number of aliphatic hydroxyl groups is 1. The van der Waals surface area contributed by atoms with E-state index in [9.17, 15) is 9.90 Å². The van der Waals surface area contributed by atoms with Crippen LogP contribution in [0, 0.1) is 11.3 Å². The summed E-state index contributed by atoms with van der Waals surface area (Å²) in [5, 5.41) is 21.6. The molecule has 0 spiro atoms. The molecule has 5 nitrogen and oxygen atoms in total. The van der Waals surface area contributed by atoms with E-state index in [4.69, 9.17) is 10.00 Å². The Morgan fingerprint density at radius 3 is 2.83 bits per heavy atom. The van der Waals surface area contributed by atoms with Gasteiger partial charge in [-0.3, -0.25) is 4.79 Å². The molecule has 0 aliphatic carbocycles. The number of amides is 1. The number of aliphatic hydroxyl groups excluding tert-OH is 1. The van der Waals surface area contributed by atoms with Crippen molar-refractivity contribution in [2.45, 2.75) is 12.5 Å². The van der Waals surface area contributed by atoms with Crippen molar-refractivity contribution in [3.8, 4) is 11.8 Å². The number of nitriles is 1. The van der Waals surface area contributed by atoms with Crippen molar-refractivity contribution < 1.29 is 14.6 Å². The summed E-state index contributed by atoms with van der Waals surface area (Å²) >= 11 is 0. The first-order chi connectivity index (χ1) is 11.1. The van der Waals surface area contributed by atoms with Crippen molar-refractivity contribution in [1.82, 2.24) is 5.32 Å². The molecular formula is C18H18N2O3. The van der Waals surface area contributed by atoms with E-state index in [1.54, 1.807) is 55.6 Å². The van der Waals surface area contributed by atoms with Gasteiger partial charge in [-0.05, 0) is 35.4 Å². The van der Waals surface area contributed by atoms with Gasteiger partial charge < -0.3 is 15.2 Å². The summed E-state index contributed by atoms with van der Waals surface area (Å²) in [4.78, 5) is 12.1. The summed E-state index contributed by atoms with van der Waals surface area (Å²) in [6.07, 6.45) is -0.565. The maximum atomic E-state index is 12.1. The number of hydrogen-bond donors (Lipinski definition) is 2. The maximum Gasteiger partial charge on any atom is 0.251 e. The molecule has 0 heterocycles. The molecular weight excluding hydrogens is 292 g/mol. The average Bonchev–Trinajstić information content (AvgIpc) is 2.60. The van der Waals surface area contributed by atoms with Crippen LogP contribution in [-0.2, 0) is 6.42 Å². The highest BCUT2D eigenvalue weighted by atomic mass is 16.5. The van der Waals surface area contributed by atoms with Crippen molar-refractivity contribution in [3.63, 3.8) is 0 Å². The van der Waals surface area contributed by atoms with E-state index < -0.39 is 6.10 Å². The lowest BCUT2D eigenvalue weighted by atomic mass is 10.1. The Kier molecular flexibility index (Phi) is 5.73. The van der Waals surface area contributed by atoms with Gasteiger partial charge in [0.25, 0.3) is 5.91 Å². The maximum absolute atomic E-state index is 12.1. The minimum absolute atomic E-state index is 0.0917.